The maximum Gasteiger partial charge on any atom is 0.194 e. The van der Waals surface area contributed by atoms with Gasteiger partial charge >= 0.3 is 0 Å². The third-order valence-electron chi connectivity index (χ3n) is 12.6. The molecule has 343 valence electrons. The number of fused-ring (bicyclic) bond motifs is 4. The van der Waals surface area contributed by atoms with E-state index in [-0.39, 0.29) is 31.9 Å². The van der Waals surface area contributed by atoms with E-state index in [0.717, 1.165) is 61.1 Å². The summed E-state index contributed by atoms with van der Waals surface area (Å²) in [6.45, 7) is 16.0. The van der Waals surface area contributed by atoms with Gasteiger partial charge in [-0.1, -0.05) is 167 Å². The van der Waals surface area contributed by atoms with Crippen molar-refractivity contribution in [2.45, 2.75) is 59.2 Å². The van der Waals surface area contributed by atoms with Crippen molar-refractivity contribution in [3.05, 3.63) is 199 Å². The molecule has 0 N–H and O–H groups in total. The molecule has 7 nitrogen and oxygen atoms in total. The number of furan rings is 1. The zero-order valence-corrected chi connectivity index (χ0v) is 43.2. The molecule has 7 aromatic carbocycles. The van der Waals surface area contributed by atoms with E-state index < -0.39 is 8.07 Å². The van der Waals surface area contributed by atoms with Crippen LogP contribution in [0.1, 0.15) is 50.7 Å². The summed E-state index contributed by atoms with van der Waals surface area (Å²) in [6.07, 6.45) is 3.77. The molecule has 0 aliphatic rings. The van der Waals surface area contributed by atoms with Crippen LogP contribution >= 0.6 is 0 Å². The first kappa shape index (κ1) is 46.9. The van der Waals surface area contributed by atoms with Gasteiger partial charge in [-0.25, -0.2) is 0 Å². The molecule has 4 aromatic heterocycles. The molecule has 11 rings (SSSR count). The fraction of sp³-hybridized carbons (Fsp3) is 0.150. The molecule has 11 aromatic rings. The van der Waals surface area contributed by atoms with Gasteiger partial charge in [-0.05, 0) is 90.6 Å². The summed E-state index contributed by atoms with van der Waals surface area (Å²) in [4.78, 5) is 9.64. The van der Waals surface area contributed by atoms with Crippen LogP contribution in [0.3, 0.4) is 0 Å². The van der Waals surface area contributed by atoms with Crippen molar-refractivity contribution >= 4 is 46.4 Å². The van der Waals surface area contributed by atoms with Gasteiger partial charge in [0.25, 0.3) is 0 Å². The number of nitrogens with zero attached hydrogens (tertiary/aromatic N) is 6. The van der Waals surface area contributed by atoms with E-state index in [0.29, 0.717) is 11.5 Å². The van der Waals surface area contributed by atoms with E-state index >= 15 is 0 Å². The largest absolute Gasteiger partial charge is 0.501 e. The van der Waals surface area contributed by atoms with E-state index in [2.05, 4.69) is 212 Å². The first-order valence-electron chi connectivity index (χ1n) is 23.3. The average Bonchev–Trinajstić information content (AvgIpc) is 3.95. The van der Waals surface area contributed by atoms with Gasteiger partial charge in [0.1, 0.15) is 11.1 Å². The minimum Gasteiger partial charge on any atom is -0.501 e. The molecule has 0 aliphatic carbocycles. The Kier molecular flexibility index (Phi) is 13.5. The summed E-state index contributed by atoms with van der Waals surface area (Å²) in [7, 11) is -1.23. The smallest absolute Gasteiger partial charge is 0.194 e. The fourth-order valence-corrected chi connectivity index (χ4v) is 9.93. The number of hydrogen-bond acceptors (Lipinski definition) is 6. The molecule has 0 bridgehead atoms. The van der Waals surface area contributed by atoms with E-state index in [9.17, 15) is 0 Å². The molecule has 0 saturated heterocycles. The Morgan fingerprint density at radius 3 is 1.81 bits per heavy atom. The molecule has 4 heterocycles. The topological polar surface area (TPSA) is 82.5 Å². The van der Waals surface area contributed by atoms with E-state index in [1.165, 1.54) is 38.6 Å². The summed E-state index contributed by atoms with van der Waals surface area (Å²) in [6, 6.07) is 63.8. The Labute approximate surface area is 418 Å². The van der Waals surface area contributed by atoms with Crippen LogP contribution in [0.2, 0.25) is 19.6 Å². The standard InChI is InChI=1S/C46H36N5O.C14H16NSi.Ir/c1-28(2)39-24-35(31-14-9-6-10-15-31)25-40(29(3)4)43(39)51-41-27-47-50-49-45(41)48-46(51)38-17-11-16-37-36-23-22-34(26-42(36)52-44(37)38)33-20-18-32(19-21-33)30-12-7-5-8-13-30;1-16(2,3)13-9-10-14(15-11-13)12-7-5-4-6-8-12;/h5-16,18-29H,1-4H3;4-7,9-11H,1-3H3;/q2*-1;. The van der Waals surface area contributed by atoms with Crippen LogP contribution in [-0.2, 0) is 20.1 Å². The number of imidazole rings is 1. The van der Waals surface area contributed by atoms with Gasteiger partial charge in [0, 0.05) is 37.4 Å². The zero-order chi connectivity index (χ0) is 46.9. The molecule has 69 heavy (non-hydrogen) atoms. The van der Waals surface area contributed by atoms with Crippen molar-refractivity contribution in [2.24, 2.45) is 0 Å². The quantitative estimate of drug-likeness (QED) is 0.106. The first-order valence-corrected chi connectivity index (χ1v) is 26.8. The van der Waals surface area contributed by atoms with Crippen molar-refractivity contribution in [1.82, 2.24) is 29.9 Å². The number of rotatable bonds is 9. The minimum absolute atomic E-state index is 0. The summed E-state index contributed by atoms with van der Waals surface area (Å²) >= 11 is 0. The van der Waals surface area contributed by atoms with E-state index in [1.54, 1.807) is 6.20 Å². The van der Waals surface area contributed by atoms with Gasteiger partial charge in [0.05, 0.1) is 25.7 Å². The van der Waals surface area contributed by atoms with Crippen LogP contribution in [0.25, 0.3) is 94.8 Å². The predicted molar refractivity (Wildman–Crippen MR) is 282 cm³/mol. The van der Waals surface area contributed by atoms with E-state index in [4.69, 9.17) is 9.40 Å². The van der Waals surface area contributed by atoms with Crippen molar-refractivity contribution in [3.63, 3.8) is 0 Å². The molecule has 0 unspecified atom stereocenters. The number of hydrogen-bond donors (Lipinski definition) is 0. The molecule has 0 atom stereocenters. The second-order valence-corrected chi connectivity index (χ2v) is 24.0. The Morgan fingerprint density at radius 2 is 1.20 bits per heavy atom. The van der Waals surface area contributed by atoms with Crippen molar-refractivity contribution in [3.8, 4) is 61.7 Å². The molecule has 1 radical (unpaired) electrons. The molecule has 0 amide bonds. The Balaban J connectivity index is 0.000000296. The van der Waals surface area contributed by atoms with Crippen LogP contribution in [-0.4, -0.2) is 38.0 Å². The van der Waals surface area contributed by atoms with Gasteiger partial charge in [0.2, 0.25) is 0 Å². The van der Waals surface area contributed by atoms with Crippen molar-refractivity contribution in [1.29, 1.82) is 0 Å². The van der Waals surface area contributed by atoms with Crippen molar-refractivity contribution in [2.75, 3.05) is 0 Å². The van der Waals surface area contributed by atoms with Gasteiger partial charge in [0.15, 0.2) is 5.65 Å². The zero-order valence-electron chi connectivity index (χ0n) is 39.8. The molecular weight excluding hydrogens is 1040 g/mol. The Hall–Kier alpha value is -7.16. The molecule has 9 heteroatoms. The Bertz CT molecular complexity index is 3500. The Morgan fingerprint density at radius 1 is 0.580 bits per heavy atom. The third-order valence-corrected chi connectivity index (χ3v) is 14.6. The average molecular weight is 1090 g/mol. The SMILES string of the molecule is CC(C)c1cc(-c2ccccc2)cc(C(C)C)c1-n1c(-c2[c-]ccc3c2oc2cc(-c4ccc(-c5ccccc5)cc4)ccc23)nc2nnncc21.C[Si](C)(C)c1ccc(-c2[c-]cccc2)nc1.[Ir]. The monoisotopic (exact) mass is 1090 g/mol. The van der Waals surface area contributed by atoms with Gasteiger partial charge in [-0.2, -0.15) is 0 Å². The minimum atomic E-state index is -1.23. The number of pyridine rings is 1. The van der Waals surface area contributed by atoms with Crippen LogP contribution < -0.4 is 5.19 Å². The predicted octanol–water partition coefficient (Wildman–Crippen LogP) is 14.9. The van der Waals surface area contributed by atoms with Gasteiger partial charge < -0.3 is 14.0 Å². The van der Waals surface area contributed by atoms with Crippen LogP contribution in [0.5, 0.6) is 0 Å². The third kappa shape index (κ3) is 9.51. The fourth-order valence-electron chi connectivity index (χ4n) is 8.89. The van der Waals surface area contributed by atoms with Gasteiger partial charge in [-0.15, -0.1) is 64.3 Å². The number of benzene rings is 7. The molecule has 0 spiro atoms. The summed E-state index contributed by atoms with van der Waals surface area (Å²) in [5.74, 6) is 1.13. The maximum atomic E-state index is 6.78. The van der Waals surface area contributed by atoms with Crippen LogP contribution in [0.4, 0.5) is 0 Å². The van der Waals surface area contributed by atoms with Gasteiger partial charge in [-0.3, -0.25) is 4.98 Å². The second kappa shape index (κ2) is 19.8. The van der Waals surface area contributed by atoms with Crippen LogP contribution in [0.15, 0.2) is 181 Å². The normalized spacial score (nSPS) is 11.6. The molecule has 0 aliphatic heterocycles. The summed E-state index contributed by atoms with van der Waals surface area (Å²) in [5, 5.41) is 16.0. The first-order chi connectivity index (χ1) is 33.0. The number of aromatic nitrogens is 6. The second-order valence-electron chi connectivity index (χ2n) is 18.9. The summed E-state index contributed by atoms with van der Waals surface area (Å²) in [5.41, 5.74) is 16.1. The molecule has 0 saturated carbocycles. The maximum absolute atomic E-state index is 6.78. The van der Waals surface area contributed by atoms with E-state index in [1.807, 2.05) is 42.6 Å². The van der Waals surface area contributed by atoms with Crippen molar-refractivity contribution < 1.29 is 24.5 Å². The molecular formula is C60H52IrN6OSi-2. The van der Waals surface area contributed by atoms with Crippen LogP contribution in [0, 0.1) is 12.1 Å². The molecule has 0 fully saturated rings. The summed E-state index contributed by atoms with van der Waals surface area (Å²) < 4.78 is 8.98.